The molecule has 4 nitrogen and oxygen atoms in total. The van der Waals surface area contributed by atoms with Crippen LogP contribution in [-0.4, -0.2) is 15.0 Å². The standard InChI is InChI=1S/C6H5F3N4/c1-2-13-5(6(7,8)9)4(3-10)11-12-13/h2H2,1H3. The Bertz CT molecular complexity index is 346. The second kappa shape index (κ2) is 3.05. The van der Waals surface area contributed by atoms with Gasteiger partial charge in [0.25, 0.3) is 0 Å². The molecule has 0 N–H and O–H groups in total. The van der Waals surface area contributed by atoms with Gasteiger partial charge in [-0.15, -0.1) is 5.10 Å². The van der Waals surface area contributed by atoms with E-state index in [0.717, 1.165) is 0 Å². The minimum absolute atomic E-state index is 0.0313. The molecule has 0 aliphatic rings. The van der Waals surface area contributed by atoms with Gasteiger partial charge in [0.1, 0.15) is 6.07 Å². The molecule has 1 heterocycles. The Balaban J connectivity index is 3.31. The lowest BCUT2D eigenvalue weighted by atomic mass is 10.3. The van der Waals surface area contributed by atoms with Crippen LogP contribution < -0.4 is 0 Å². The quantitative estimate of drug-likeness (QED) is 0.668. The van der Waals surface area contributed by atoms with E-state index < -0.39 is 17.6 Å². The number of hydrogen-bond acceptors (Lipinski definition) is 3. The Kier molecular flexibility index (Phi) is 2.23. The van der Waals surface area contributed by atoms with Gasteiger partial charge in [-0.1, -0.05) is 5.21 Å². The topological polar surface area (TPSA) is 54.5 Å². The van der Waals surface area contributed by atoms with Crippen LogP contribution in [0, 0.1) is 11.3 Å². The predicted octanol–water partition coefficient (Wildman–Crippen LogP) is 1.19. The molecule has 1 rings (SSSR count). The molecule has 0 aromatic carbocycles. The Morgan fingerprint density at radius 1 is 1.54 bits per heavy atom. The van der Waals surface area contributed by atoms with Crippen molar-refractivity contribution in [2.75, 3.05) is 0 Å². The summed E-state index contributed by atoms with van der Waals surface area (Å²) in [6.45, 7) is 1.52. The van der Waals surface area contributed by atoms with Crippen LogP contribution in [0.25, 0.3) is 0 Å². The fourth-order valence-corrected chi connectivity index (χ4v) is 0.890. The molecular formula is C6H5F3N4. The summed E-state index contributed by atoms with van der Waals surface area (Å²) < 4.78 is 37.4. The van der Waals surface area contributed by atoms with Crippen molar-refractivity contribution < 1.29 is 13.2 Å². The van der Waals surface area contributed by atoms with Crippen LogP contribution in [0.1, 0.15) is 18.3 Å². The molecule has 70 valence electrons. The number of rotatable bonds is 1. The maximum Gasteiger partial charge on any atom is 0.436 e. The first kappa shape index (κ1) is 9.51. The minimum atomic E-state index is -4.58. The third-order valence-corrected chi connectivity index (χ3v) is 1.41. The highest BCUT2D eigenvalue weighted by Gasteiger charge is 2.39. The molecule has 0 radical (unpaired) electrons. The monoisotopic (exact) mass is 190 g/mol. The lowest BCUT2D eigenvalue weighted by molar-refractivity contribution is -0.144. The summed E-state index contributed by atoms with van der Waals surface area (Å²) in [6.07, 6.45) is -4.58. The number of nitriles is 1. The van der Waals surface area contributed by atoms with E-state index in [1.54, 1.807) is 0 Å². The number of nitrogens with zero attached hydrogens (tertiary/aromatic N) is 4. The number of hydrogen-bond donors (Lipinski definition) is 0. The van der Waals surface area contributed by atoms with Crippen LogP contribution >= 0.6 is 0 Å². The average molecular weight is 190 g/mol. The van der Waals surface area contributed by atoms with Gasteiger partial charge in [0, 0.05) is 6.54 Å². The Hall–Kier alpha value is -1.58. The highest BCUT2D eigenvalue weighted by molar-refractivity contribution is 5.26. The summed E-state index contributed by atoms with van der Waals surface area (Å²) in [5.74, 6) is 0. The molecule has 0 unspecified atom stereocenters. The number of alkyl halides is 3. The number of aromatic nitrogens is 3. The minimum Gasteiger partial charge on any atom is -0.239 e. The van der Waals surface area contributed by atoms with Gasteiger partial charge in [-0.2, -0.15) is 18.4 Å². The Labute approximate surface area is 71.6 Å². The molecule has 0 spiro atoms. The summed E-state index contributed by atoms with van der Waals surface area (Å²) in [6, 6.07) is 1.34. The molecular weight excluding hydrogens is 185 g/mol. The summed E-state index contributed by atoms with van der Waals surface area (Å²) in [7, 11) is 0. The van der Waals surface area contributed by atoms with Gasteiger partial charge in [0.2, 0.25) is 0 Å². The number of halogens is 3. The second-order valence-corrected chi connectivity index (χ2v) is 2.21. The van der Waals surface area contributed by atoms with E-state index in [1.807, 2.05) is 0 Å². The van der Waals surface area contributed by atoms with Gasteiger partial charge in [-0.05, 0) is 6.92 Å². The zero-order valence-corrected chi connectivity index (χ0v) is 6.63. The fourth-order valence-electron chi connectivity index (χ4n) is 0.890. The van der Waals surface area contributed by atoms with E-state index in [4.69, 9.17) is 5.26 Å². The van der Waals surface area contributed by atoms with Crippen molar-refractivity contribution in [1.82, 2.24) is 15.0 Å². The second-order valence-electron chi connectivity index (χ2n) is 2.21. The SMILES string of the molecule is CCn1nnc(C#N)c1C(F)(F)F. The molecule has 0 aliphatic heterocycles. The molecule has 1 aromatic heterocycles. The van der Waals surface area contributed by atoms with Gasteiger partial charge < -0.3 is 0 Å². The van der Waals surface area contributed by atoms with E-state index in [0.29, 0.717) is 4.68 Å². The summed E-state index contributed by atoms with van der Waals surface area (Å²) in [5.41, 5.74) is -1.77. The van der Waals surface area contributed by atoms with Crippen LogP contribution in [0.15, 0.2) is 0 Å². The van der Waals surface area contributed by atoms with E-state index >= 15 is 0 Å². The Morgan fingerprint density at radius 3 is 2.54 bits per heavy atom. The number of aryl methyl sites for hydroxylation is 1. The first-order chi connectivity index (χ1) is 6.00. The van der Waals surface area contributed by atoms with Crippen LogP contribution in [0.4, 0.5) is 13.2 Å². The lowest BCUT2D eigenvalue weighted by Gasteiger charge is -2.06. The normalized spacial score (nSPS) is 11.3. The van der Waals surface area contributed by atoms with E-state index in [-0.39, 0.29) is 6.54 Å². The molecule has 0 atom stereocenters. The maximum absolute atomic E-state index is 12.3. The summed E-state index contributed by atoms with van der Waals surface area (Å²) in [4.78, 5) is 0. The van der Waals surface area contributed by atoms with Crippen molar-refractivity contribution in [3.8, 4) is 6.07 Å². The van der Waals surface area contributed by atoms with Gasteiger partial charge in [0.05, 0.1) is 0 Å². The van der Waals surface area contributed by atoms with Crippen molar-refractivity contribution in [3.05, 3.63) is 11.4 Å². The van der Waals surface area contributed by atoms with E-state index in [2.05, 4.69) is 10.3 Å². The fraction of sp³-hybridized carbons (Fsp3) is 0.500. The largest absolute Gasteiger partial charge is 0.436 e. The maximum atomic E-state index is 12.3. The van der Waals surface area contributed by atoms with Crippen LogP contribution in [0.5, 0.6) is 0 Å². The summed E-state index contributed by atoms with van der Waals surface area (Å²) in [5, 5.41) is 14.6. The Morgan fingerprint density at radius 2 is 2.15 bits per heavy atom. The van der Waals surface area contributed by atoms with Crippen LogP contribution in [-0.2, 0) is 12.7 Å². The molecule has 0 amide bonds. The van der Waals surface area contributed by atoms with Crippen molar-refractivity contribution in [3.63, 3.8) is 0 Å². The van der Waals surface area contributed by atoms with Gasteiger partial charge >= 0.3 is 6.18 Å². The average Bonchev–Trinajstić information content (AvgIpc) is 2.45. The van der Waals surface area contributed by atoms with E-state index in [1.165, 1.54) is 13.0 Å². The van der Waals surface area contributed by atoms with Gasteiger partial charge in [0.15, 0.2) is 11.4 Å². The highest BCUT2D eigenvalue weighted by atomic mass is 19.4. The smallest absolute Gasteiger partial charge is 0.239 e. The van der Waals surface area contributed by atoms with Crippen LogP contribution in [0.3, 0.4) is 0 Å². The van der Waals surface area contributed by atoms with Crippen molar-refractivity contribution in [2.24, 2.45) is 0 Å². The molecule has 7 heteroatoms. The third-order valence-electron chi connectivity index (χ3n) is 1.41. The molecule has 0 aliphatic carbocycles. The molecule has 0 fully saturated rings. The highest BCUT2D eigenvalue weighted by Crippen LogP contribution is 2.30. The van der Waals surface area contributed by atoms with Crippen molar-refractivity contribution in [2.45, 2.75) is 19.6 Å². The molecule has 0 saturated carbocycles. The predicted molar refractivity (Wildman–Crippen MR) is 35.4 cm³/mol. The molecule has 13 heavy (non-hydrogen) atoms. The van der Waals surface area contributed by atoms with Crippen molar-refractivity contribution >= 4 is 0 Å². The molecule has 1 aromatic rings. The lowest BCUT2D eigenvalue weighted by Crippen LogP contribution is -2.15. The van der Waals surface area contributed by atoms with Crippen molar-refractivity contribution in [1.29, 1.82) is 5.26 Å². The first-order valence-electron chi connectivity index (χ1n) is 3.41. The van der Waals surface area contributed by atoms with Gasteiger partial charge in [-0.3, -0.25) is 0 Å². The summed E-state index contributed by atoms with van der Waals surface area (Å²) >= 11 is 0. The molecule has 0 bridgehead atoms. The third kappa shape index (κ3) is 1.61. The van der Waals surface area contributed by atoms with E-state index in [9.17, 15) is 13.2 Å². The zero-order chi connectivity index (χ0) is 10.1. The first-order valence-corrected chi connectivity index (χ1v) is 3.41. The molecule has 0 saturated heterocycles. The van der Waals surface area contributed by atoms with Crippen LogP contribution in [0.2, 0.25) is 0 Å². The zero-order valence-electron chi connectivity index (χ0n) is 6.63. The van der Waals surface area contributed by atoms with Gasteiger partial charge in [-0.25, -0.2) is 4.68 Å².